The topological polar surface area (TPSA) is 22.1 Å². The number of hydrogen-bond acceptors (Lipinski definition) is 2. The first kappa shape index (κ1) is 21.1. The Balaban J connectivity index is 1.52. The van der Waals surface area contributed by atoms with Gasteiger partial charge in [0.05, 0.1) is 12.3 Å². The molecule has 0 bridgehead atoms. The minimum atomic E-state index is 0.780. The van der Waals surface area contributed by atoms with Crippen molar-refractivity contribution in [2.45, 2.75) is 58.8 Å². The molecule has 0 atom stereocenters. The monoisotopic (exact) mass is 387 g/mol. The number of aryl methyl sites for hydroxylation is 3. The van der Waals surface area contributed by atoms with Crippen LogP contribution in [0.3, 0.4) is 0 Å². The van der Waals surface area contributed by atoms with E-state index in [1.807, 2.05) is 6.20 Å². The Morgan fingerprint density at radius 1 is 0.655 bits per heavy atom. The minimum absolute atomic E-state index is 0.780. The second kappa shape index (κ2) is 11.4. The van der Waals surface area contributed by atoms with E-state index in [0.29, 0.717) is 0 Å². The highest BCUT2D eigenvalue weighted by Gasteiger charge is 2.02. The molecular formula is C27H33NO. The summed E-state index contributed by atoms with van der Waals surface area (Å²) in [4.78, 5) is 4.67. The second-order valence-corrected chi connectivity index (χ2v) is 7.70. The number of hydrogen-bond donors (Lipinski definition) is 0. The molecule has 1 heterocycles. The van der Waals surface area contributed by atoms with Gasteiger partial charge in [0, 0.05) is 11.8 Å². The maximum absolute atomic E-state index is 5.65. The summed E-state index contributed by atoms with van der Waals surface area (Å²) in [6, 6.07) is 21.7. The fourth-order valence-electron chi connectivity index (χ4n) is 3.43. The highest BCUT2D eigenvalue weighted by molar-refractivity contribution is 5.59. The fourth-order valence-corrected chi connectivity index (χ4v) is 3.43. The van der Waals surface area contributed by atoms with Gasteiger partial charge in [0.15, 0.2) is 0 Å². The Labute approximate surface area is 176 Å². The lowest BCUT2D eigenvalue weighted by molar-refractivity contribution is 0.317. The maximum atomic E-state index is 5.65. The van der Waals surface area contributed by atoms with Crippen LogP contribution in [0.15, 0.2) is 66.9 Å². The zero-order valence-corrected chi connectivity index (χ0v) is 17.9. The zero-order valence-electron chi connectivity index (χ0n) is 17.9. The molecule has 152 valence electrons. The number of unbranched alkanes of at least 4 members (excludes halogenated alkanes) is 2. The van der Waals surface area contributed by atoms with Crippen LogP contribution >= 0.6 is 0 Å². The van der Waals surface area contributed by atoms with Gasteiger partial charge in [-0.1, -0.05) is 69.2 Å². The van der Waals surface area contributed by atoms with E-state index in [2.05, 4.69) is 79.5 Å². The molecule has 0 radical (unpaired) electrons. The predicted molar refractivity (Wildman–Crippen MR) is 123 cm³/mol. The highest BCUT2D eigenvalue weighted by atomic mass is 16.5. The lowest BCUT2D eigenvalue weighted by Gasteiger charge is -2.07. The molecule has 0 saturated carbocycles. The Kier molecular flexibility index (Phi) is 8.30. The van der Waals surface area contributed by atoms with Crippen molar-refractivity contribution in [2.75, 3.05) is 6.61 Å². The van der Waals surface area contributed by atoms with Gasteiger partial charge < -0.3 is 4.74 Å². The van der Waals surface area contributed by atoms with Crippen molar-refractivity contribution in [1.29, 1.82) is 0 Å². The van der Waals surface area contributed by atoms with Gasteiger partial charge in [-0.15, -0.1) is 0 Å². The maximum Gasteiger partial charge on any atom is 0.119 e. The molecule has 0 fully saturated rings. The summed E-state index contributed by atoms with van der Waals surface area (Å²) in [6.07, 6.45) is 10.1. The molecule has 1 aromatic heterocycles. The minimum Gasteiger partial charge on any atom is -0.494 e. The average Bonchev–Trinajstić information content (AvgIpc) is 2.78. The molecule has 2 heteroatoms. The van der Waals surface area contributed by atoms with Gasteiger partial charge in [0.2, 0.25) is 0 Å². The van der Waals surface area contributed by atoms with Crippen LogP contribution in [0, 0.1) is 0 Å². The largest absolute Gasteiger partial charge is 0.494 e. The van der Waals surface area contributed by atoms with Gasteiger partial charge in [0.1, 0.15) is 5.75 Å². The first-order valence-corrected chi connectivity index (χ1v) is 11.0. The van der Waals surface area contributed by atoms with E-state index >= 15 is 0 Å². The van der Waals surface area contributed by atoms with Gasteiger partial charge in [-0.2, -0.15) is 0 Å². The summed E-state index contributed by atoms with van der Waals surface area (Å²) >= 11 is 0. The Bertz CT molecular complexity index is 835. The van der Waals surface area contributed by atoms with E-state index in [9.17, 15) is 0 Å². The van der Waals surface area contributed by atoms with E-state index in [1.165, 1.54) is 41.5 Å². The van der Waals surface area contributed by atoms with Gasteiger partial charge in [-0.05, 0) is 67.0 Å². The second-order valence-electron chi connectivity index (χ2n) is 7.70. The van der Waals surface area contributed by atoms with Crippen LogP contribution in [0.5, 0.6) is 5.75 Å². The summed E-state index contributed by atoms with van der Waals surface area (Å²) in [5.74, 6) is 0.962. The standard InChI is InChI=1S/C27H33NO/c1-3-5-6-7-24-14-19-27(28-21-24)25-15-10-22(11-16-25)8-9-23-12-17-26(18-13-23)29-20-4-2/h10-19,21H,3-9,20H2,1-2H3. The van der Waals surface area contributed by atoms with Crippen molar-refractivity contribution in [3.63, 3.8) is 0 Å². The molecule has 0 aliphatic carbocycles. The molecule has 0 aliphatic rings. The van der Waals surface area contributed by atoms with Gasteiger partial charge >= 0.3 is 0 Å². The summed E-state index contributed by atoms with van der Waals surface area (Å²) < 4.78 is 5.65. The molecule has 0 saturated heterocycles. The van der Waals surface area contributed by atoms with Crippen molar-refractivity contribution < 1.29 is 4.74 Å². The van der Waals surface area contributed by atoms with E-state index in [4.69, 9.17) is 4.74 Å². The molecule has 0 spiro atoms. The van der Waals surface area contributed by atoms with Gasteiger partial charge in [0.25, 0.3) is 0 Å². The van der Waals surface area contributed by atoms with Crippen LogP contribution in [-0.4, -0.2) is 11.6 Å². The Morgan fingerprint density at radius 2 is 1.31 bits per heavy atom. The number of benzene rings is 2. The van der Waals surface area contributed by atoms with Crippen LogP contribution in [-0.2, 0) is 19.3 Å². The molecule has 0 amide bonds. The first-order chi connectivity index (χ1) is 14.3. The molecule has 0 aliphatic heterocycles. The molecule has 3 aromatic rings. The van der Waals surface area contributed by atoms with E-state index in [-0.39, 0.29) is 0 Å². The Morgan fingerprint density at radius 3 is 1.90 bits per heavy atom. The third-order valence-corrected chi connectivity index (χ3v) is 5.24. The van der Waals surface area contributed by atoms with E-state index < -0.39 is 0 Å². The molecule has 3 rings (SSSR count). The molecular weight excluding hydrogens is 354 g/mol. The smallest absolute Gasteiger partial charge is 0.119 e. The lowest BCUT2D eigenvalue weighted by atomic mass is 10.0. The zero-order chi connectivity index (χ0) is 20.3. The summed E-state index contributed by atoms with van der Waals surface area (Å²) in [6.45, 7) is 5.14. The molecule has 2 aromatic carbocycles. The van der Waals surface area contributed by atoms with Crippen LogP contribution < -0.4 is 4.74 Å². The van der Waals surface area contributed by atoms with Gasteiger partial charge in [-0.3, -0.25) is 4.98 Å². The lowest BCUT2D eigenvalue weighted by Crippen LogP contribution is -1.96. The normalized spacial score (nSPS) is 10.8. The summed E-state index contributed by atoms with van der Waals surface area (Å²) in [5, 5.41) is 0. The van der Waals surface area contributed by atoms with Crippen molar-refractivity contribution in [3.05, 3.63) is 83.6 Å². The van der Waals surface area contributed by atoms with Crippen LogP contribution in [0.4, 0.5) is 0 Å². The number of pyridine rings is 1. The predicted octanol–water partition coefficient (Wildman–Crippen LogP) is 7.06. The number of aromatic nitrogens is 1. The number of rotatable bonds is 11. The molecule has 2 nitrogen and oxygen atoms in total. The van der Waals surface area contributed by atoms with Crippen molar-refractivity contribution in [1.82, 2.24) is 4.98 Å². The number of ether oxygens (including phenoxy) is 1. The first-order valence-electron chi connectivity index (χ1n) is 11.0. The van der Waals surface area contributed by atoms with Crippen LogP contribution in [0.1, 0.15) is 56.2 Å². The van der Waals surface area contributed by atoms with Crippen molar-refractivity contribution >= 4 is 0 Å². The van der Waals surface area contributed by atoms with Crippen LogP contribution in [0.25, 0.3) is 11.3 Å². The SMILES string of the molecule is CCCCCc1ccc(-c2ccc(CCc3ccc(OCCC)cc3)cc2)nc1. The van der Waals surface area contributed by atoms with E-state index in [1.54, 1.807) is 0 Å². The molecule has 0 N–H and O–H groups in total. The number of nitrogens with zero attached hydrogens (tertiary/aromatic N) is 1. The Hall–Kier alpha value is -2.61. The van der Waals surface area contributed by atoms with Crippen molar-refractivity contribution in [2.24, 2.45) is 0 Å². The molecule has 0 unspecified atom stereocenters. The summed E-state index contributed by atoms with van der Waals surface area (Å²) in [5.41, 5.74) is 6.28. The third-order valence-electron chi connectivity index (χ3n) is 5.24. The van der Waals surface area contributed by atoms with Crippen LogP contribution in [0.2, 0.25) is 0 Å². The fraction of sp³-hybridized carbons (Fsp3) is 0.370. The van der Waals surface area contributed by atoms with Gasteiger partial charge in [-0.25, -0.2) is 0 Å². The summed E-state index contributed by atoms with van der Waals surface area (Å²) in [7, 11) is 0. The quantitative estimate of drug-likeness (QED) is 0.329. The highest BCUT2D eigenvalue weighted by Crippen LogP contribution is 2.20. The average molecular weight is 388 g/mol. The van der Waals surface area contributed by atoms with E-state index in [0.717, 1.165) is 43.7 Å². The molecule has 29 heavy (non-hydrogen) atoms. The third kappa shape index (κ3) is 6.74. The van der Waals surface area contributed by atoms with Crippen molar-refractivity contribution in [3.8, 4) is 17.0 Å².